The fourth-order valence-corrected chi connectivity index (χ4v) is 2.15. The lowest BCUT2D eigenvalue weighted by Gasteiger charge is -2.18. The van der Waals surface area contributed by atoms with Crippen LogP contribution in [0.1, 0.15) is 39.1 Å². The summed E-state index contributed by atoms with van der Waals surface area (Å²) in [5.41, 5.74) is 3.19. The third-order valence-electron chi connectivity index (χ3n) is 2.66. The monoisotopic (exact) mass is 281 g/mol. The van der Waals surface area contributed by atoms with Gasteiger partial charge in [-0.1, -0.05) is 27.7 Å². The molecule has 3 heteroatoms. The van der Waals surface area contributed by atoms with E-state index >= 15 is 0 Å². The van der Waals surface area contributed by atoms with E-state index in [0.717, 1.165) is 27.9 Å². The van der Waals surface area contributed by atoms with Gasteiger partial charge in [0.15, 0.2) is 11.5 Å². The van der Waals surface area contributed by atoms with Gasteiger partial charge < -0.3 is 4.42 Å². The van der Waals surface area contributed by atoms with Crippen LogP contribution in [0.25, 0.3) is 11.1 Å². The largest absolute Gasteiger partial charge is 0.440 e. The molecule has 0 saturated carbocycles. The van der Waals surface area contributed by atoms with Crippen LogP contribution in [0.3, 0.4) is 0 Å². The second-order valence-electron chi connectivity index (χ2n) is 5.02. The van der Waals surface area contributed by atoms with E-state index in [1.165, 1.54) is 5.56 Å². The first kappa shape index (κ1) is 11.6. The average molecular weight is 282 g/mol. The van der Waals surface area contributed by atoms with E-state index < -0.39 is 0 Å². The zero-order valence-electron chi connectivity index (χ0n) is 10.1. The van der Waals surface area contributed by atoms with Crippen molar-refractivity contribution in [3.05, 3.63) is 28.1 Å². The number of aromatic nitrogens is 1. The van der Waals surface area contributed by atoms with Gasteiger partial charge in [-0.25, -0.2) is 4.98 Å². The maximum atomic E-state index is 5.66. The fraction of sp³-hybridized carbons (Fsp3) is 0.462. The molecule has 86 valence electrons. The number of hydrogen-bond acceptors (Lipinski definition) is 2. The standard InChI is InChI=1S/C13H16BrNO/c1-5-11-15-10-7-8(13(2,3)4)6-9(14)12(10)16-11/h6-7H,5H2,1-4H3. The summed E-state index contributed by atoms with van der Waals surface area (Å²) in [5.74, 6) is 0.793. The summed E-state index contributed by atoms with van der Waals surface area (Å²) >= 11 is 3.55. The summed E-state index contributed by atoms with van der Waals surface area (Å²) in [6.45, 7) is 8.63. The lowest BCUT2D eigenvalue weighted by molar-refractivity contribution is 0.536. The molecule has 1 aromatic carbocycles. The smallest absolute Gasteiger partial charge is 0.195 e. The van der Waals surface area contributed by atoms with Crippen LogP contribution in [0.15, 0.2) is 21.0 Å². The highest BCUT2D eigenvalue weighted by molar-refractivity contribution is 9.10. The van der Waals surface area contributed by atoms with Crippen LogP contribution >= 0.6 is 15.9 Å². The van der Waals surface area contributed by atoms with Gasteiger partial charge in [-0.2, -0.15) is 0 Å². The molecule has 0 N–H and O–H groups in total. The summed E-state index contributed by atoms with van der Waals surface area (Å²) in [4.78, 5) is 4.47. The topological polar surface area (TPSA) is 26.0 Å². The van der Waals surface area contributed by atoms with Crippen molar-refractivity contribution in [1.29, 1.82) is 0 Å². The van der Waals surface area contributed by atoms with Gasteiger partial charge in [-0.3, -0.25) is 0 Å². The van der Waals surface area contributed by atoms with E-state index in [4.69, 9.17) is 4.42 Å². The van der Waals surface area contributed by atoms with Crippen molar-refractivity contribution in [1.82, 2.24) is 4.98 Å². The molecule has 1 aromatic heterocycles. The molecule has 0 aliphatic rings. The molecule has 2 nitrogen and oxygen atoms in total. The van der Waals surface area contributed by atoms with Crippen LogP contribution in [0.4, 0.5) is 0 Å². The van der Waals surface area contributed by atoms with Crippen LogP contribution in [-0.2, 0) is 11.8 Å². The van der Waals surface area contributed by atoms with Crippen molar-refractivity contribution >= 4 is 27.0 Å². The SMILES string of the molecule is CCc1nc2cc(C(C)(C)C)cc(Br)c2o1. The average Bonchev–Trinajstić information content (AvgIpc) is 2.59. The minimum absolute atomic E-state index is 0.127. The Morgan fingerprint density at radius 3 is 2.56 bits per heavy atom. The van der Waals surface area contributed by atoms with E-state index in [-0.39, 0.29) is 5.41 Å². The Kier molecular flexibility index (Phi) is 2.82. The summed E-state index contributed by atoms with van der Waals surface area (Å²) in [6, 6.07) is 4.23. The molecule has 2 aromatic rings. The molecule has 0 fully saturated rings. The van der Waals surface area contributed by atoms with Gasteiger partial charge in [0.05, 0.1) is 4.47 Å². The summed E-state index contributed by atoms with van der Waals surface area (Å²) in [6.07, 6.45) is 0.825. The molecule has 1 heterocycles. The Labute approximate surface area is 104 Å². The summed E-state index contributed by atoms with van der Waals surface area (Å²) < 4.78 is 6.65. The Balaban J connectivity index is 2.67. The van der Waals surface area contributed by atoms with E-state index in [0.29, 0.717) is 0 Å². The highest BCUT2D eigenvalue weighted by atomic mass is 79.9. The quantitative estimate of drug-likeness (QED) is 0.772. The van der Waals surface area contributed by atoms with Crippen LogP contribution in [0, 0.1) is 0 Å². The minimum Gasteiger partial charge on any atom is -0.440 e. The van der Waals surface area contributed by atoms with E-state index in [9.17, 15) is 0 Å². The van der Waals surface area contributed by atoms with Gasteiger partial charge in [-0.15, -0.1) is 0 Å². The highest BCUT2D eigenvalue weighted by Crippen LogP contribution is 2.32. The van der Waals surface area contributed by atoms with Crippen molar-refractivity contribution < 1.29 is 4.42 Å². The number of fused-ring (bicyclic) bond motifs is 1. The molecule has 0 saturated heterocycles. The molecular formula is C13H16BrNO. The van der Waals surface area contributed by atoms with E-state index in [1.54, 1.807) is 0 Å². The van der Waals surface area contributed by atoms with E-state index in [1.807, 2.05) is 6.92 Å². The number of oxazole rings is 1. The second-order valence-corrected chi connectivity index (χ2v) is 5.87. The lowest BCUT2D eigenvalue weighted by atomic mass is 9.87. The highest BCUT2D eigenvalue weighted by Gasteiger charge is 2.17. The van der Waals surface area contributed by atoms with Gasteiger partial charge in [0.1, 0.15) is 5.52 Å². The Hall–Kier alpha value is -0.830. The molecule has 16 heavy (non-hydrogen) atoms. The summed E-state index contributed by atoms with van der Waals surface area (Å²) in [5, 5.41) is 0. The number of rotatable bonds is 1. The number of aryl methyl sites for hydroxylation is 1. The zero-order chi connectivity index (χ0) is 11.9. The predicted molar refractivity (Wildman–Crippen MR) is 69.8 cm³/mol. The third kappa shape index (κ3) is 2.01. The van der Waals surface area contributed by atoms with Crippen molar-refractivity contribution in [2.24, 2.45) is 0 Å². The Bertz CT molecular complexity index is 522. The van der Waals surface area contributed by atoms with Gasteiger partial charge in [0.25, 0.3) is 0 Å². The van der Waals surface area contributed by atoms with Crippen LogP contribution < -0.4 is 0 Å². The van der Waals surface area contributed by atoms with Crippen molar-refractivity contribution in [3.8, 4) is 0 Å². The van der Waals surface area contributed by atoms with Crippen LogP contribution in [0.2, 0.25) is 0 Å². The molecule has 0 unspecified atom stereocenters. The Morgan fingerprint density at radius 1 is 1.31 bits per heavy atom. The van der Waals surface area contributed by atoms with E-state index in [2.05, 4.69) is 53.8 Å². The van der Waals surface area contributed by atoms with Crippen molar-refractivity contribution in [2.75, 3.05) is 0 Å². The normalized spacial score (nSPS) is 12.3. The Morgan fingerprint density at radius 2 is 2.00 bits per heavy atom. The number of nitrogens with zero attached hydrogens (tertiary/aromatic N) is 1. The fourth-order valence-electron chi connectivity index (χ4n) is 1.62. The van der Waals surface area contributed by atoms with Gasteiger partial charge in [0.2, 0.25) is 0 Å². The lowest BCUT2D eigenvalue weighted by Crippen LogP contribution is -2.10. The number of hydrogen-bond donors (Lipinski definition) is 0. The summed E-state index contributed by atoms with van der Waals surface area (Å²) in [7, 11) is 0. The second kappa shape index (κ2) is 3.88. The predicted octanol–water partition coefficient (Wildman–Crippen LogP) is 4.45. The van der Waals surface area contributed by atoms with Crippen LogP contribution in [-0.4, -0.2) is 4.98 Å². The molecule has 0 spiro atoms. The van der Waals surface area contributed by atoms with Gasteiger partial charge in [-0.05, 0) is 39.0 Å². The molecule has 0 aliphatic carbocycles. The minimum atomic E-state index is 0.127. The maximum Gasteiger partial charge on any atom is 0.195 e. The number of halogens is 1. The molecular weight excluding hydrogens is 266 g/mol. The molecule has 0 bridgehead atoms. The van der Waals surface area contributed by atoms with Gasteiger partial charge >= 0.3 is 0 Å². The first-order chi connectivity index (χ1) is 7.41. The first-order valence-electron chi connectivity index (χ1n) is 5.51. The maximum absolute atomic E-state index is 5.66. The third-order valence-corrected chi connectivity index (χ3v) is 3.25. The molecule has 0 atom stereocenters. The van der Waals surface area contributed by atoms with Crippen molar-refractivity contribution in [2.45, 2.75) is 39.5 Å². The molecule has 0 radical (unpaired) electrons. The van der Waals surface area contributed by atoms with Crippen LogP contribution in [0.5, 0.6) is 0 Å². The zero-order valence-corrected chi connectivity index (χ0v) is 11.7. The van der Waals surface area contributed by atoms with Crippen molar-refractivity contribution in [3.63, 3.8) is 0 Å². The number of benzene rings is 1. The molecule has 0 amide bonds. The van der Waals surface area contributed by atoms with Gasteiger partial charge in [0, 0.05) is 6.42 Å². The molecule has 0 aliphatic heterocycles. The molecule has 2 rings (SSSR count). The first-order valence-corrected chi connectivity index (χ1v) is 6.30.